The molecule has 0 saturated carbocycles. The molecule has 0 saturated heterocycles. The highest BCUT2D eigenvalue weighted by Gasteiger charge is 2.16. The largest absolute Gasteiger partial charge is 0.505 e. The number of aromatic amines is 1. The zero-order valence-electron chi connectivity index (χ0n) is 12.0. The van der Waals surface area contributed by atoms with Crippen molar-refractivity contribution in [1.82, 2.24) is 10.4 Å². The van der Waals surface area contributed by atoms with Gasteiger partial charge in [-0.25, -0.2) is 5.43 Å². The van der Waals surface area contributed by atoms with Gasteiger partial charge in [-0.3, -0.25) is 9.59 Å². The number of pyridine rings is 1. The van der Waals surface area contributed by atoms with Crippen LogP contribution in [0.2, 0.25) is 0 Å². The Labute approximate surface area is 131 Å². The van der Waals surface area contributed by atoms with Crippen molar-refractivity contribution < 1.29 is 9.90 Å². The highest BCUT2D eigenvalue weighted by molar-refractivity contribution is 6.01. The molecule has 1 amide bonds. The number of amides is 1. The number of aromatic nitrogens is 1. The van der Waals surface area contributed by atoms with E-state index in [2.05, 4.69) is 15.5 Å². The number of nitrogens with one attached hydrogen (secondary N) is 2. The van der Waals surface area contributed by atoms with Gasteiger partial charge in [-0.1, -0.05) is 48.5 Å². The Morgan fingerprint density at radius 1 is 1.04 bits per heavy atom. The van der Waals surface area contributed by atoms with E-state index in [0.29, 0.717) is 10.8 Å². The van der Waals surface area contributed by atoms with Crippen LogP contribution in [0, 0.1) is 0 Å². The molecule has 6 heteroatoms. The van der Waals surface area contributed by atoms with Crippen LogP contribution >= 0.6 is 0 Å². The first-order valence-electron chi connectivity index (χ1n) is 6.89. The van der Waals surface area contributed by atoms with Crippen LogP contribution in [-0.4, -0.2) is 22.2 Å². The lowest BCUT2D eigenvalue weighted by Crippen LogP contribution is -2.22. The second-order valence-corrected chi connectivity index (χ2v) is 4.83. The molecule has 0 atom stereocenters. The van der Waals surface area contributed by atoms with Crippen LogP contribution in [0.1, 0.15) is 16.1 Å². The molecule has 114 valence electrons. The summed E-state index contributed by atoms with van der Waals surface area (Å²) in [6.45, 7) is 0. The maximum atomic E-state index is 12.1. The molecule has 1 aromatic heterocycles. The third kappa shape index (κ3) is 2.96. The number of benzene rings is 2. The zero-order valence-corrected chi connectivity index (χ0v) is 12.0. The van der Waals surface area contributed by atoms with Crippen molar-refractivity contribution in [2.45, 2.75) is 0 Å². The summed E-state index contributed by atoms with van der Waals surface area (Å²) in [4.78, 5) is 26.4. The Morgan fingerprint density at radius 2 is 1.70 bits per heavy atom. The second kappa shape index (κ2) is 6.15. The predicted octanol–water partition coefficient (Wildman–Crippen LogP) is 2.00. The topological polar surface area (TPSA) is 94.5 Å². The number of hydrogen-bond donors (Lipinski definition) is 3. The lowest BCUT2D eigenvalue weighted by atomic mass is 10.1. The van der Waals surface area contributed by atoms with Gasteiger partial charge in [0.25, 0.3) is 11.5 Å². The highest BCUT2D eigenvalue weighted by Crippen LogP contribution is 2.24. The molecule has 0 bridgehead atoms. The average molecular weight is 307 g/mol. The van der Waals surface area contributed by atoms with Gasteiger partial charge in [-0.2, -0.15) is 5.10 Å². The molecule has 0 spiro atoms. The van der Waals surface area contributed by atoms with Crippen molar-refractivity contribution in [3.63, 3.8) is 0 Å². The van der Waals surface area contributed by atoms with Crippen molar-refractivity contribution in [3.8, 4) is 5.75 Å². The molecule has 0 aliphatic heterocycles. The van der Waals surface area contributed by atoms with Gasteiger partial charge in [-0.05, 0) is 11.6 Å². The van der Waals surface area contributed by atoms with Gasteiger partial charge in [0, 0.05) is 5.39 Å². The van der Waals surface area contributed by atoms with Gasteiger partial charge >= 0.3 is 0 Å². The van der Waals surface area contributed by atoms with Gasteiger partial charge in [0.15, 0.2) is 11.4 Å². The van der Waals surface area contributed by atoms with E-state index in [-0.39, 0.29) is 11.4 Å². The molecular formula is C17H13N3O3. The first kappa shape index (κ1) is 14.5. The maximum absolute atomic E-state index is 12.1. The van der Waals surface area contributed by atoms with Gasteiger partial charge < -0.3 is 10.1 Å². The summed E-state index contributed by atoms with van der Waals surface area (Å²) in [6.07, 6.45) is 1.47. The summed E-state index contributed by atoms with van der Waals surface area (Å²) < 4.78 is 0. The van der Waals surface area contributed by atoms with Crippen LogP contribution in [0.15, 0.2) is 64.5 Å². The quantitative estimate of drug-likeness (QED) is 0.510. The molecule has 6 nitrogen and oxygen atoms in total. The molecule has 0 fully saturated rings. The lowest BCUT2D eigenvalue weighted by Gasteiger charge is -2.06. The van der Waals surface area contributed by atoms with E-state index in [1.165, 1.54) is 6.21 Å². The smallest absolute Gasteiger partial charge is 0.291 e. The molecule has 0 aliphatic rings. The first-order chi connectivity index (χ1) is 11.2. The Bertz CT molecular complexity index is 946. The Balaban J connectivity index is 1.88. The minimum absolute atomic E-state index is 0.223. The van der Waals surface area contributed by atoms with Gasteiger partial charge in [0.2, 0.25) is 0 Å². The van der Waals surface area contributed by atoms with Crippen LogP contribution in [0.4, 0.5) is 0 Å². The number of nitrogens with zero attached hydrogens (tertiary/aromatic N) is 1. The van der Waals surface area contributed by atoms with Crippen molar-refractivity contribution in [2.24, 2.45) is 5.10 Å². The molecule has 3 N–H and O–H groups in total. The van der Waals surface area contributed by atoms with Crippen molar-refractivity contribution in [1.29, 1.82) is 0 Å². The third-order valence-electron chi connectivity index (χ3n) is 3.31. The number of H-pyrrole nitrogens is 1. The summed E-state index contributed by atoms with van der Waals surface area (Å²) in [5.41, 5.74) is 2.42. The number of hydrogen-bond acceptors (Lipinski definition) is 4. The summed E-state index contributed by atoms with van der Waals surface area (Å²) in [5.74, 6) is -0.981. The van der Waals surface area contributed by atoms with Crippen LogP contribution < -0.4 is 11.0 Å². The minimum Gasteiger partial charge on any atom is -0.505 e. The highest BCUT2D eigenvalue weighted by atomic mass is 16.3. The second-order valence-electron chi connectivity index (χ2n) is 4.83. The van der Waals surface area contributed by atoms with Crippen LogP contribution in [0.25, 0.3) is 10.8 Å². The number of hydrazone groups is 1. The summed E-state index contributed by atoms with van der Waals surface area (Å²) in [6, 6.07) is 15.7. The first-order valence-corrected chi connectivity index (χ1v) is 6.89. The molecule has 0 aliphatic carbocycles. The Kier molecular flexibility index (Phi) is 3.88. The van der Waals surface area contributed by atoms with Gasteiger partial charge in [0.05, 0.1) is 11.6 Å². The maximum Gasteiger partial charge on any atom is 0.291 e. The summed E-state index contributed by atoms with van der Waals surface area (Å²) in [5, 5.41) is 14.6. The molecule has 3 rings (SSSR count). The normalized spacial score (nSPS) is 11.0. The summed E-state index contributed by atoms with van der Waals surface area (Å²) in [7, 11) is 0. The fourth-order valence-electron chi connectivity index (χ4n) is 2.19. The molecule has 0 radical (unpaired) electrons. The monoisotopic (exact) mass is 307 g/mol. The van der Waals surface area contributed by atoms with E-state index in [1.54, 1.807) is 24.3 Å². The molecule has 3 aromatic rings. The Hall–Kier alpha value is -3.41. The predicted molar refractivity (Wildman–Crippen MR) is 87.7 cm³/mol. The fourth-order valence-corrected chi connectivity index (χ4v) is 2.19. The fraction of sp³-hybridized carbons (Fsp3) is 0. The third-order valence-corrected chi connectivity index (χ3v) is 3.31. The van der Waals surface area contributed by atoms with E-state index in [9.17, 15) is 14.7 Å². The minimum atomic E-state index is -0.697. The van der Waals surface area contributed by atoms with E-state index < -0.39 is 11.5 Å². The van der Waals surface area contributed by atoms with Crippen LogP contribution in [0.3, 0.4) is 0 Å². The number of rotatable bonds is 3. The molecule has 2 aromatic carbocycles. The van der Waals surface area contributed by atoms with E-state index in [4.69, 9.17) is 0 Å². The number of fused-ring (bicyclic) bond motifs is 1. The molecule has 0 unspecified atom stereocenters. The summed E-state index contributed by atoms with van der Waals surface area (Å²) >= 11 is 0. The zero-order chi connectivity index (χ0) is 16.2. The van der Waals surface area contributed by atoms with Gasteiger partial charge in [-0.15, -0.1) is 0 Å². The van der Waals surface area contributed by atoms with Crippen LogP contribution in [-0.2, 0) is 0 Å². The van der Waals surface area contributed by atoms with Crippen molar-refractivity contribution in [3.05, 3.63) is 76.2 Å². The Morgan fingerprint density at radius 3 is 2.43 bits per heavy atom. The SMILES string of the molecule is O=C(N/N=C/c1ccccc1)c1[nH]c(=O)c2ccccc2c1O. The van der Waals surface area contributed by atoms with Crippen molar-refractivity contribution >= 4 is 22.9 Å². The van der Waals surface area contributed by atoms with Gasteiger partial charge in [0.1, 0.15) is 0 Å². The lowest BCUT2D eigenvalue weighted by molar-refractivity contribution is 0.0947. The van der Waals surface area contributed by atoms with Crippen LogP contribution in [0.5, 0.6) is 5.75 Å². The number of carbonyl (C=O) groups excluding carboxylic acids is 1. The molecule has 23 heavy (non-hydrogen) atoms. The molecular weight excluding hydrogens is 294 g/mol. The average Bonchev–Trinajstić information content (AvgIpc) is 2.59. The van der Waals surface area contributed by atoms with E-state index in [0.717, 1.165) is 5.56 Å². The molecule has 1 heterocycles. The standard InChI is InChI=1S/C17H13N3O3/c21-15-12-8-4-5-9-13(12)16(22)19-14(15)17(23)20-18-10-11-6-2-1-3-7-11/h1-10,21H,(H,19,22)(H,20,23)/b18-10+. The van der Waals surface area contributed by atoms with E-state index >= 15 is 0 Å². The number of aromatic hydroxyl groups is 1. The van der Waals surface area contributed by atoms with Crippen molar-refractivity contribution in [2.75, 3.05) is 0 Å². The number of carbonyl (C=O) groups is 1. The van der Waals surface area contributed by atoms with E-state index in [1.807, 2.05) is 30.3 Å².